The van der Waals surface area contributed by atoms with Crippen LogP contribution in [0, 0.1) is 0 Å². The Labute approximate surface area is 186 Å². The summed E-state index contributed by atoms with van der Waals surface area (Å²) in [5.74, 6) is 0. The Bertz CT molecular complexity index is 1050. The van der Waals surface area contributed by atoms with E-state index in [1.54, 1.807) is 0 Å². The number of hydrogen-bond donors (Lipinski definition) is 0. The van der Waals surface area contributed by atoms with E-state index < -0.39 is 0 Å². The van der Waals surface area contributed by atoms with Gasteiger partial charge in [0.05, 0.1) is 5.69 Å². The fraction of sp³-hybridized carbons (Fsp3) is 0.233. The van der Waals surface area contributed by atoms with Gasteiger partial charge in [0.2, 0.25) is 0 Å². The van der Waals surface area contributed by atoms with Crippen molar-refractivity contribution in [3.8, 4) is 22.4 Å². The zero-order valence-electron chi connectivity index (χ0n) is 18.2. The first-order valence-corrected chi connectivity index (χ1v) is 11.5. The van der Waals surface area contributed by atoms with Crippen LogP contribution in [0.1, 0.15) is 43.2 Å². The molecule has 0 radical (unpaired) electrons. The van der Waals surface area contributed by atoms with Crippen molar-refractivity contribution in [3.63, 3.8) is 0 Å². The van der Waals surface area contributed by atoms with E-state index >= 15 is 0 Å². The van der Waals surface area contributed by atoms with E-state index in [1.807, 2.05) is 18.3 Å². The van der Waals surface area contributed by atoms with E-state index in [1.165, 1.54) is 66.3 Å². The van der Waals surface area contributed by atoms with Crippen molar-refractivity contribution in [1.29, 1.82) is 0 Å². The van der Waals surface area contributed by atoms with Crippen LogP contribution in [0.2, 0.25) is 0 Å². The number of pyridine rings is 1. The normalized spacial score (nSPS) is 10.8. The third kappa shape index (κ3) is 6.39. The van der Waals surface area contributed by atoms with Crippen molar-refractivity contribution < 1.29 is 0 Å². The zero-order chi connectivity index (χ0) is 21.1. The van der Waals surface area contributed by atoms with Crippen LogP contribution in [-0.4, -0.2) is 4.98 Å². The molecule has 1 nitrogen and oxygen atoms in total. The second-order valence-corrected chi connectivity index (χ2v) is 8.25. The highest BCUT2D eigenvalue weighted by Crippen LogP contribution is 2.26. The lowest BCUT2D eigenvalue weighted by atomic mass is 9.97. The summed E-state index contributed by atoms with van der Waals surface area (Å²) in [6.45, 7) is 0. The van der Waals surface area contributed by atoms with E-state index in [0.29, 0.717) is 0 Å². The predicted octanol–water partition coefficient (Wildman–Crippen LogP) is 8.15. The van der Waals surface area contributed by atoms with Gasteiger partial charge in [-0.1, -0.05) is 98.1 Å². The Kier molecular flexibility index (Phi) is 7.65. The third-order valence-electron chi connectivity index (χ3n) is 5.86. The zero-order valence-corrected chi connectivity index (χ0v) is 18.2. The number of hydrogen-bond acceptors (Lipinski definition) is 1. The van der Waals surface area contributed by atoms with Gasteiger partial charge in [0.25, 0.3) is 0 Å². The molecule has 0 amide bonds. The van der Waals surface area contributed by atoms with E-state index in [0.717, 1.165) is 12.1 Å². The van der Waals surface area contributed by atoms with Crippen molar-refractivity contribution in [2.75, 3.05) is 0 Å². The number of benzene rings is 3. The molecule has 0 saturated heterocycles. The van der Waals surface area contributed by atoms with Crippen molar-refractivity contribution >= 4 is 0 Å². The Balaban J connectivity index is 1.26. The average Bonchev–Trinajstić information content (AvgIpc) is 2.85. The maximum atomic E-state index is 4.49. The van der Waals surface area contributed by atoms with Crippen LogP contribution in [0.4, 0.5) is 0 Å². The first kappa shape index (κ1) is 21.1. The van der Waals surface area contributed by atoms with Crippen molar-refractivity contribution in [2.45, 2.75) is 44.9 Å². The Morgan fingerprint density at radius 3 is 1.84 bits per heavy atom. The molecule has 0 atom stereocenters. The average molecular weight is 406 g/mol. The molecule has 3 aromatic carbocycles. The van der Waals surface area contributed by atoms with Crippen LogP contribution >= 0.6 is 0 Å². The standard InChI is InChI=1S/C30H31N/c1(2-5-13-25-14-7-4-8-15-25)3-6-16-26-17-11-18-27(23-26)28-19-12-20-29(24-28)30-21-9-10-22-31-30/h4,7-12,14-15,17-24H,1-3,5-6,13,16H2. The molecule has 0 spiro atoms. The molecule has 0 aliphatic carbocycles. The summed E-state index contributed by atoms with van der Waals surface area (Å²) in [6.07, 6.45) is 10.8. The quantitative estimate of drug-likeness (QED) is 0.243. The van der Waals surface area contributed by atoms with Gasteiger partial charge in [0, 0.05) is 11.8 Å². The van der Waals surface area contributed by atoms with Gasteiger partial charge in [-0.3, -0.25) is 4.98 Å². The number of nitrogens with zero attached hydrogens (tertiary/aromatic N) is 1. The van der Waals surface area contributed by atoms with Crippen molar-refractivity contribution in [3.05, 3.63) is 114 Å². The maximum Gasteiger partial charge on any atom is 0.0702 e. The Hall–Kier alpha value is -3.19. The van der Waals surface area contributed by atoms with Gasteiger partial charge in [-0.2, -0.15) is 0 Å². The van der Waals surface area contributed by atoms with Crippen LogP contribution < -0.4 is 0 Å². The summed E-state index contributed by atoms with van der Waals surface area (Å²) >= 11 is 0. The van der Waals surface area contributed by atoms with Crippen LogP contribution in [0.25, 0.3) is 22.4 Å². The molecule has 0 bridgehead atoms. The monoisotopic (exact) mass is 405 g/mol. The van der Waals surface area contributed by atoms with E-state index in [2.05, 4.69) is 89.9 Å². The second kappa shape index (κ2) is 11.3. The van der Waals surface area contributed by atoms with Gasteiger partial charge in [-0.15, -0.1) is 0 Å². The molecule has 0 N–H and O–H groups in total. The Morgan fingerprint density at radius 1 is 0.452 bits per heavy atom. The topological polar surface area (TPSA) is 12.9 Å². The van der Waals surface area contributed by atoms with Crippen LogP contribution in [0.15, 0.2) is 103 Å². The largest absolute Gasteiger partial charge is 0.256 e. The first-order valence-electron chi connectivity index (χ1n) is 11.5. The smallest absolute Gasteiger partial charge is 0.0702 e. The molecule has 0 aliphatic rings. The molecule has 1 aromatic heterocycles. The molecular weight excluding hydrogens is 374 g/mol. The molecule has 0 saturated carbocycles. The minimum Gasteiger partial charge on any atom is -0.256 e. The fourth-order valence-corrected chi connectivity index (χ4v) is 4.13. The number of aryl methyl sites for hydroxylation is 2. The molecule has 1 heteroatoms. The lowest BCUT2D eigenvalue weighted by Gasteiger charge is -2.08. The molecule has 31 heavy (non-hydrogen) atoms. The lowest BCUT2D eigenvalue weighted by molar-refractivity contribution is 0.613. The summed E-state index contributed by atoms with van der Waals surface area (Å²) in [4.78, 5) is 4.49. The number of rotatable bonds is 10. The molecule has 1 heterocycles. The van der Waals surface area contributed by atoms with Gasteiger partial charge in [-0.25, -0.2) is 0 Å². The van der Waals surface area contributed by atoms with Gasteiger partial charge >= 0.3 is 0 Å². The van der Waals surface area contributed by atoms with Crippen LogP contribution in [0.3, 0.4) is 0 Å². The lowest BCUT2D eigenvalue weighted by Crippen LogP contribution is -1.89. The fourth-order valence-electron chi connectivity index (χ4n) is 4.13. The van der Waals surface area contributed by atoms with Crippen molar-refractivity contribution in [1.82, 2.24) is 4.98 Å². The van der Waals surface area contributed by atoms with Gasteiger partial charge < -0.3 is 0 Å². The highest BCUT2D eigenvalue weighted by Gasteiger charge is 2.04. The van der Waals surface area contributed by atoms with E-state index in [-0.39, 0.29) is 0 Å². The maximum absolute atomic E-state index is 4.49. The number of aromatic nitrogens is 1. The summed E-state index contributed by atoms with van der Waals surface area (Å²) in [5.41, 5.74) is 7.63. The molecule has 0 fully saturated rings. The summed E-state index contributed by atoms with van der Waals surface area (Å²) < 4.78 is 0. The molecule has 4 aromatic rings. The SMILES string of the molecule is c1ccc(CCCCCCCc2cccc(-c3cccc(-c4ccccn4)c3)c2)cc1. The molecule has 156 valence electrons. The number of unbranched alkanes of at least 4 members (excludes halogenated alkanes) is 4. The molecule has 0 unspecified atom stereocenters. The van der Waals surface area contributed by atoms with Gasteiger partial charge in [0.1, 0.15) is 0 Å². The molecule has 0 aliphatic heterocycles. The highest BCUT2D eigenvalue weighted by molar-refractivity contribution is 5.71. The minimum absolute atomic E-state index is 1.02. The predicted molar refractivity (Wildman–Crippen MR) is 132 cm³/mol. The summed E-state index contributed by atoms with van der Waals surface area (Å²) in [5, 5.41) is 0. The van der Waals surface area contributed by atoms with Crippen LogP contribution in [0.5, 0.6) is 0 Å². The second-order valence-electron chi connectivity index (χ2n) is 8.25. The van der Waals surface area contributed by atoms with Gasteiger partial charge in [0.15, 0.2) is 0 Å². The summed E-state index contributed by atoms with van der Waals surface area (Å²) in [6, 6.07) is 34.6. The van der Waals surface area contributed by atoms with E-state index in [4.69, 9.17) is 0 Å². The minimum atomic E-state index is 1.02. The highest BCUT2D eigenvalue weighted by atomic mass is 14.7. The molecule has 4 rings (SSSR count). The summed E-state index contributed by atoms with van der Waals surface area (Å²) in [7, 11) is 0. The first-order chi connectivity index (χ1) is 15.4. The van der Waals surface area contributed by atoms with E-state index in [9.17, 15) is 0 Å². The Morgan fingerprint density at radius 2 is 1.06 bits per heavy atom. The van der Waals surface area contributed by atoms with Crippen LogP contribution in [-0.2, 0) is 12.8 Å². The van der Waals surface area contributed by atoms with Crippen molar-refractivity contribution in [2.24, 2.45) is 0 Å². The van der Waals surface area contributed by atoms with Gasteiger partial charge in [-0.05, 0) is 66.1 Å². The molecular formula is C30H31N. The third-order valence-corrected chi connectivity index (χ3v) is 5.86.